The molecule has 0 saturated carbocycles. The second kappa shape index (κ2) is 10.4. The largest absolute Gasteiger partial charge is 0.298 e. The highest BCUT2D eigenvalue weighted by Gasteiger charge is 2.33. The van der Waals surface area contributed by atoms with Gasteiger partial charge in [0.05, 0.1) is 0 Å². The molecule has 0 aliphatic heterocycles. The van der Waals surface area contributed by atoms with Crippen molar-refractivity contribution in [3.8, 4) is 0 Å². The lowest BCUT2D eigenvalue weighted by Gasteiger charge is -2.17. The lowest BCUT2D eigenvalue weighted by Crippen LogP contribution is -2.15. The molecule has 164 valence electrons. The molecule has 0 fully saturated rings. The molecule has 0 heterocycles. The third-order valence-corrected chi connectivity index (χ3v) is 5.41. The molecule has 2 heteroatoms. The van der Waals surface area contributed by atoms with Crippen LogP contribution in [0.3, 0.4) is 0 Å². The van der Waals surface area contributed by atoms with Gasteiger partial charge in [-0.25, -0.2) is 0 Å². The van der Waals surface area contributed by atoms with Crippen molar-refractivity contribution in [2.24, 2.45) is 0 Å². The van der Waals surface area contributed by atoms with Crippen molar-refractivity contribution >= 4 is 0 Å². The average Bonchev–Trinajstić information content (AvgIpc) is 2.76. The Bertz CT molecular complexity index is 1140. The van der Waals surface area contributed by atoms with E-state index >= 15 is 0 Å². The van der Waals surface area contributed by atoms with Gasteiger partial charge in [0.1, 0.15) is 0 Å². The molecule has 4 rings (SSSR count). The number of hydrogen-bond donors (Lipinski definition) is 0. The molecule has 0 N–H and O–H groups in total. The van der Waals surface area contributed by atoms with Crippen LogP contribution < -0.4 is 0 Å². The molecule has 0 unspecified atom stereocenters. The van der Waals surface area contributed by atoms with Crippen molar-refractivity contribution in [3.63, 3.8) is 0 Å². The van der Waals surface area contributed by atoms with Crippen LogP contribution >= 0.6 is 0 Å². The van der Waals surface area contributed by atoms with Crippen molar-refractivity contribution in [1.29, 1.82) is 0 Å². The van der Waals surface area contributed by atoms with Gasteiger partial charge in [-0.05, 0) is 51.3 Å². The van der Waals surface area contributed by atoms with E-state index < -0.39 is 5.92 Å². The number of rotatable bonds is 4. The second-order valence-electron chi connectivity index (χ2n) is 8.46. The fraction of sp³-hybridized carbons (Fsp3) is 0.200. The smallest absolute Gasteiger partial charge is 0.196 e. The monoisotopic (exact) mass is 428 g/mol. The van der Waals surface area contributed by atoms with E-state index in [-0.39, 0.29) is 11.1 Å². The molecule has 4 aromatic carbocycles. The van der Waals surface area contributed by atoms with E-state index in [4.69, 9.17) is 0 Å². The molecule has 0 amide bonds. The SMILES string of the molecule is Cc1ccc(C(F)(F)c2cccc(C)c2)cc1.Cc1ccc(Cc2cccc(C)c2)cc1. The fourth-order valence-electron chi connectivity index (χ4n) is 3.53. The minimum Gasteiger partial charge on any atom is -0.196 e. The zero-order chi connectivity index (χ0) is 23.1. The summed E-state index contributed by atoms with van der Waals surface area (Å²) in [5.41, 5.74) is 7.32. The molecule has 4 aromatic rings. The van der Waals surface area contributed by atoms with Crippen LogP contribution in [0.1, 0.15) is 44.5 Å². The summed E-state index contributed by atoms with van der Waals surface area (Å²) in [6.45, 7) is 7.96. The maximum atomic E-state index is 14.2. The Morgan fingerprint density at radius 1 is 0.500 bits per heavy atom. The van der Waals surface area contributed by atoms with Gasteiger partial charge in [-0.2, -0.15) is 8.78 Å². The van der Waals surface area contributed by atoms with Gasteiger partial charge in [-0.15, -0.1) is 0 Å². The van der Waals surface area contributed by atoms with Crippen molar-refractivity contribution in [2.45, 2.75) is 40.0 Å². The molecule has 0 aliphatic carbocycles. The molecule has 0 spiro atoms. The van der Waals surface area contributed by atoms with E-state index in [1.807, 2.05) is 19.9 Å². The minimum atomic E-state index is -2.93. The topological polar surface area (TPSA) is 0 Å². The van der Waals surface area contributed by atoms with Gasteiger partial charge < -0.3 is 0 Å². The molecule has 0 atom stereocenters. The van der Waals surface area contributed by atoms with Crippen molar-refractivity contribution in [2.75, 3.05) is 0 Å². The maximum Gasteiger partial charge on any atom is 0.298 e. The first kappa shape index (κ1) is 23.4. The number of hydrogen-bond acceptors (Lipinski definition) is 0. The van der Waals surface area contributed by atoms with E-state index in [0.717, 1.165) is 17.5 Å². The molecule has 0 radical (unpaired) electrons. The molecule has 32 heavy (non-hydrogen) atoms. The van der Waals surface area contributed by atoms with Crippen molar-refractivity contribution in [1.82, 2.24) is 0 Å². The molecule has 0 saturated heterocycles. The summed E-state index contributed by atoms with van der Waals surface area (Å²) in [4.78, 5) is 0. The molecule has 0 bridgehead atoms. The predicted molar refractivity (Wildman–Crippen MR) is 131 cm³/mol. The molecular weight excluding hydrogens is 398 g/mol. The molecule has 0 aliphatic rings. The van der Waals surface area contributed by atoms with Crippen LogP contribution in [0.2, 0.25) is 0 Å². The van der Waals surface area contributed by atoms with Gasteiger partial charge in [-0.3, -0.25) is 0 Å². The van der Waals surface area contributed by atoms with Crippen LogP contribution in [0, 0.1) is 27.7 Å². The average molecular weight is 429 g/mol. The first-order valence-electron chi connectivity index (χ1n) is 10.9. The number of benzene rings is 4. The van der Waals surface area contributed by atoms with Crippen LogP contribution in [0.25, 0.3) is 0 Å². The number of aryl methyl sites for hydroxylation is 4. The first-order valence-corrected chi connectivity index (χ1v) is 10.9. The van der Waals surface area contributed by atoms with E-state index in [1.54, 1.807) is 18.2 Å². The number of alkyl halides is 2. The van der Waals surface area contributed by atoms with Gasteiger partial charge >= 0.3 is 0 Å². The van der Waals surface area contributed by atoms with Gasteiger partial charge in [0.25, 0.3) is 5.92 Å². The fourth-order valence-corrected chi connectivity index (χ4v) is 3.53. The Balaban J connectivity index is 0.000000182. The van der Waals surface area contributed by atoms with Crippen molar-refractivity contribution < 1.29 is 8.78 Å². The third-order valence-electron chi connectivity index (χ3n) is 5.41. The summed E-state index contributed by atoms with van der Waals surface area (Å²) >= 11 is 0. The maximum absolute atomic E-state index is 14.2. The van der Waals surface area contributed by atoms with E-state index in [1.165, 1.54) is 46.5 Å². The zero-order valence-electron chi connectivity index (χ0n) is 19.2. The summed E-state index contributed by atoms with van der Waals surface area (Å²) in [6, 6.07) is 30.3. The quantitative estimate of drug-likeness (QED) is 0.306. The Kier molecular flexibility index (Phi) is 7.58. The summed E-state index contributed by atoms with van der Waals surface area (Å²) in [5.74, 6) is -2.93. The first-order chi connectivity index (χ1) is 15.2. The molecule has 0 nitrogen and oxygen atoms in total. The zero-order valence-corrected chi connectivity index (χ0v) is 19.2. The highest BCUT2D eigenvalue weighted by molar-refractivity contribution is 5.36. The van der Waals surface area contributed by atoms with Gasteiger partial charge in [0.15, 0.2) is 0 Å². The third kappa shape index (κ3) is 6.37. The van der Waals surface area contributed by atoms with E-state index in [9.17, 15) is 8.78 Å². The van der Waals surface area contributed by atoms with Gasteiger partial charge in [-0.1, -0.05) is 113 Å². The molecule has 0 aromatic heterocycles. The van der Waals surface area contributed by atoms with E-state index in [2.05, 4.69) is 62.4 Å². The van der Waals surface area contributed by atoms with Crippen LogP contribution in [0.15, 0.2) is 97.1 Å². The Morgan fingerprint density at radius 2 is 1.03 bits per heavy atom. The second-order valence-corrected chi connectivity index (χ2v) is 8.46. The van der Waals surface area contributed by atoms with Crippen molar-refractivity contribution in [3.05, 3.63) is 142 Å². The normalized spacial score (nSPS) is 10.9. The lowest BCUT2D eigenvalue weighted by molar-refractivity contribution is 0.0428. The lowest BCUT2D eigenvalue weighted by atomic mass is 9.98. The highest BCUT2D eigenvalue weighted by atomic mass is 19.3. The minimum absolute atomic E-state index is 0.0358. The van der Waals surface area contributed by atoms with Crippen LogP contribution in [0.5, 0.6) is 0 Å². The summed E-state index contributed by atoms with van der Waals surface area (Å²) in [5, 5.41) is 0. The Labute approximate surface area is 190 Å². The van der Waals surface area contributed by atoms with Gasteiger partial charge in [0.2, 0.25) is 0 Å². The summed E-state index contributed by atoms with van der Waals surface area (Å²) < 4.78 is 28.4. The highest BCUT2D eigenvalue weighted by Crippen LogP contribution is 2.35. The predicted octanol–water partition coefficient (Wildman–Crippen LogP) is 8.34. The Hall–Kier alpha value is -3.26. The van der Waals surface area contributed by atoms with E-state index in [0.29, 0.717) is 0 Å². The van der Waals surface area contributed by atoms with Crippen LogP contribution in [-0.2, 0) is 12.3 Å². The molecular formula is C30H30F2. The summed E-state index contributed by atoms with van der Waals surface area (Å²) in [7, 11) is 0. The number of halogens is 2. The Morgan fingerprint density at radius 3 is 1.59 bits per heavy atom. The van der Waals surface area contributed by atoms with Crippen LogP contribution in [-0.4, -0.2) is 0 Å². The standard InChI is InChI=1S/C15H14F2.C15H16/c1-11-6-8-13(9-7-11)15(16,17)14-5-3-4-12(2)10-14;1-12-6-8-14(9-7-12)11-15-5-3-4-13(2)10-15/h3-10H,1-2H3;3-10H,11H2,1-2H3. The van der Waals surface area contributed by atoms with Gasteiger partial charge in [0, 0.05) is 11.1 Å². The van der Waals surface area contributed by atoms with Crippen LogP contribution in [0.4, 0.5) is 8.78 Å². The summed E-state index contributed by atoms with van der Waals surface area (Å²) in [6.07, 6.45) is 1.03.